The van der Waals surface area contributed by atoms with Gasteiger partial charge in [-0.2, -0.15) is 0 Å². The van der Waals surface area contributed by atoms with Crippen LogP contribution in [0.5, 0.6) is 0 Å². The summed E-state index contributed by atoms with van der Waals surface area (Å²) in [5.41, 5.74) is 2.56. The molecule has 1 heterocycles. The summed E-state index contributed by atoms with van der Waals surface area (Å²) in [6.07, 6.45) is 3.76. The zero-order valence-corrected chi connectivity index (χ0v) is 15.0. The van der Waals surface area contributed by atoms with Gasteiger partial charge >= 0.3 is 0 Å². The van der Waals surface area contributed by atoms with Crippen LogP contribution in [0.4, 0.5) is 5.69 Å². The highest BCUT2D eigenvalue weighted by Gasteiger charge is 2.35. The maximum atomic E-state index is 13.1. The summed E-state index contributed by atoms with van der Waals surface area (Å²) in [5, 5.41) is 2.49. The molecule has 5 nitrogen and oxygen atoms in total. The van der Waals surface area contributed by atoms with Crippen molar-refractivity contribution >= 4 is 27.7 Å². The predicted molar refractivity (Wildman–Crippen MR) is 98.8 cm³/mol. The van der Waals surface area contributed by atoms with E-state index in [1.54, 1.807) is 37.4 Å². The van der Waals surface area contributed by atoms with E-state index < -0.39 is 10.0 Å². The Morgan fingerprint density at radius 1 is 1.16 bits per heavy atom. The molecule has 2 aromatic carbocycles. The Balaban J connectivity index is 1.91. The number of hydrogen-bond acceptors (Lipinski definition) is 3. The van der Waals surface area contributed by atoms with Crippen LogP contribution in [-0.4, -0.2) is 27.4 Å². The molecule has 0 spiro atoms. The van der Waals surface area contributed by atoms with Crippen LogP contribution in [0.15, 0.2) is 59.5 Å². The molecule has 0 radical (unpaired) electrons. The summed E-state index contributed by atoms with van der Waals surface area (Å²) in [5.74, 6) is -0.209. The molecule has 2 aromatic rings. The molecule has 0 unspecified atom stereocenters. The Morgan fingerprint density at radius 3 is 2.52 bits per heavy atom. The minimum Gasteiger partial charge on any atom is -0.356 e. The van der Waals surface area contributed by atoms with Crippen molar-refractivity contribution in [1.82, 2.24) is 5.32 Å². The third kappa shape index (κ3) is 3.30. The maximum Gasteiger partial charge on any atom is 0.264 e. The topological polar surface area (TPSA) is 66.5 Å². The molecule has 1 aliphatic heterocycles. The minimum atomic E-state index is -3.62. The number of hydrogen-bond donors (Lipinski definition) is 1. The predicted octanol–water partition coefficient (Wildman–Crippen LogP) is 2.59. The number of nitrogens with zero attached hydrogens (tertiary/aromatic N) is 1. The number of sulfonamides is 1. The van der Waals surface area contributed by atoms with E-state index in [9.17, 15) is 13.2 Å². The van der Waals surface area contributed by atoms with Crippen LogP contribution >= 0.6 is 0 Å². The zero-order valence-electron chi connectivity index (χ0n) is 14.1. The SMILES string of the molecule is CNC(=O)/C=C/c1ccc(S(=O)(=O)N2c3ccccc3C[C@H]2C)cc1. The molecule has 1 N–H and O–H groups in total. The highest BCUT2D eigenvalue weighted by Crippen LogP contribution is 2.36. The number of benzene rings is 2. The molecule has 0 aliphatic carbocycles. The van der Waals surface area contributed by atoms with Crippen molar-refractivity contribution in [2.24, 2.45) is 0 Å². The van der Waals surface area contributed by atoms with Crippen LogP contribution in [0.2, 0.25) is 0 Å². The third-order valence-corrected chi connectivity index (χ3v) is 6.20. The normalized spacial score (nSPS) is 16.9. The molecule has 6 heteroatoms. The molecule has 1 atom stereocenters. The van der Waals surface area contributed by atoms with Gasteiger partial charge in [-0.3, -0.25) is 9.10 Å². The van der Waals surface area contributed by atoms with Crippen LogP contribution in [0.1, 0.15) is 18.1 Å². The summed E-state index contributed by atoms with van der Waals surface area (Å²) in [6, 6.07) is 14.0. The number of likely N-dealkylation sites (N-methyl/N-ethyl adjacent to an activating group) is 1. The molecule has 130 valence electrons. The first kappa shape index (κ1) is 17.2. The lowest BCUT2D eigenvalue weighted by atomic mass is 10.1. The number of nitrogens with one attached hydrogen (secondary N) is 1. The van der Waals surface area contributed by atoms with Gasteiger partial charge in [0.15, 0.2) is 0 Å². The number of rotatable bonds is 4. The summed E-state index contributed by atoms with van der Waals surface area (Å²) < 4.78 is 27.6. The quantitative estimate of drug-likeness (QED) is 0.857. The van der Waals surface area contributed by atoms with Crippen molar-refractivity contribution in [2.75, 3.05) is 11.4 Å². The molecule has 25 heavy (non-hydrogen) atoms. The van der Waals surface area contributed by atoms with Crippen molar-refractivity contribution in [2.45, 2.75) is 24.3 Å². The second kappa shape index (κ2) is 6.72. The van der Waals surface area contributed by atoms with Gasteiger partial charge in [0.2, 0.25) is 5.91 Å². The Kier molecular flexibility index (Phi) is 4.63. The molecule has 0 saturated carbocycles. The standard InChI is InChI=1S/C19H20N2O3S/c1-14-13-16-5-3-4-6-18(16)21(14)25(23,24)17-10-7-15(8-11-17)9-12-19(22)20-2/h3-12,14H,13H2,1-2H3,(H,20,22)/b12-9+/t14-/m1/s1. The van der Waals surface area contributed by atoms with Crippen LogP contribution in [-0.2, 0) is 21.2 Å². The number of carbonyl (C=O) groups is 1. The fourth-order valence-electron chi connectivity index (χ4n) is 3.02. The largest absolute Gasteiger partial charge is 0.356 e. The minimum absolute atomic E-state index is 0.116. The van der Waals surface area contributed by atoms with Crippen LogP contribution in [0, 0.1) is 0 Å². The molecule has 1 aliphatic rings. The Hall–Kier alpha value is -2.60. The van der Waals surface area contributed by atoms with Crippen molar-refractivity contribution in [3.05, 3.63) is 65.7 Å². The highest BCUT2D eigenvalue weighted by molar-refractivity contribution is 7.92. The van der Waals surface area contributed by atoms with Gasteiger partial charge in [0.25, 0.3) is 10.0 Å². The van der Waals surface area contributed by atoms with E-state index in [-0.39, 0.29) is 16.8 Å². The average molecular weight is 356 g/mol. The monoisotopic (exact) mass is 356 g/mol. The van der Waals surface area contributed by atoms with E-state index in [0.717, 1.165) is 16.8 Å². The first-order chi connectivity index (χ1) is 11.9. The van der Waals surface area contributed by atoms with E-state index in [1.807, 2.05) is 31.2 Å². The lowest BCUT2D eigenvalue weighted by Gasteiger charge is -2.24. The average Bonchev–Trinajstić information content (AvgIpc) is 2.96. The number of carbonyl (C=O) groups excluding carboxylic acids is 1. The third-order valence-electron chi connectivity index (χ3n) is 4.26. The molecule has 0 bridgehead atoms. The second-order valence-electron chi connectivity index (χ2n) is 6.00. The number of anilines is 1. The zero-order chi connectivity index (χ0) is 18.0. The molecule has 0 fully saturated rings. The van der Waals surface area contributed by atoms with Crippen LogP contribution in [0.25, 0.3) is 6.08 Å². The van der Waals surface area contributed by atoms with Gasteiger partial charge in [0.1, 0.15) is 0 Å². The van der Waals surface area contributed by atoms with Crippen molar-refractivity contribution < 1.29 is 13.2 Å². The number of para-hydroxylation sites is 1. The molecular weight excluding hydrogens is 336 g/mol. The molecule has 0 saturated heterocycles. The van der Waals surface area contributed by atoms with E-state index in [1.165, 1.54) is 10.4 Å². The van der Waals surface area contributed by atoms with Gasteiger partial charge in [-0.1, -0.05) is 30.3 Å². The summed E-state index contributed by atoms with van der Waals surface area (Å²) in [7, 11) is -2.07. The van der Waals surface area contributed by atoms with Gasteiger partial charge in [-0.05, 0) is 48.7 Å². The fourth-order valence-corrected chi connectivity index (χ4v) is 4.72. The first-order valence-electron chi connectivity index (χ1n) is 8.05. The number of fused-ring (bicyclic) bond motifs is 1. The van der Waals surface area contributed by atoms with Crippen molar-refractivity contribution in [1.29, 1.82) is 0 Å². The summed E-state index contributed by atoms with van der Waals surface area (Å²) in [4.78, 5) is 11.5. The van der Waals surface area contributed by atoms with Gasteiger partial charge in [0, 0.05) is 19.2 Å². The summed E-state index contributed by atoms with van der Waals surface area (Å²) >= 11 is 0. The lowest BCUT2D eigenvalue weighted by Crippen LogP contribution is -2.35. The molecule has 0 aromatic heterocycles. The van der Waals surface area contributed by atoms with Crippen LogP contribution < -0.4 is 9.62 Å². The lowest BCUT2D eigenvalue weighted by molar-refractivity contribution is -0.115. The molecular formula is C19H20N2O3S. The van der Waals surface area contributed by atoms with E-state index >= 15 is 0 Å². The van der Waals surface area contributed by atoms with Crippen molar-refractivity contribution in [3.8, 4) is 0 Å². The Bertz CT molecular complexity index is 918. The van der Waals surface area contributed by atoms with Gasteiger partial charge in [-0.25, -0.2) is 8.42 Å². The van der Waals surface area contributed by atoms with Gasteiger partial charge in [0.05, 0.1) is 10.6 Å². The van der Waals surface area contributed by atoms with Crippen LogP contribution in [0.3, 0.4) is 0 Å². The van der Waals surface area contributed by atoms with Gasteiger partial charge in [-0.15, -0.1) is 0 Å². The molecule has 1 amide bonds. The smallest absolute Gasteiger partial charge is 0.264 e. The second-order valence-corrected chi connectivity index (χ2v) is 7.81. The Morgan fingerprint density at radius 2 is 1.84 bits per heavy atom. The Labute approximate surface area is 148 Å². The fraction of sp³-hybridized carbons (Fsp3) is 0.211. The van der Waals surface area contributed by atoms with E-state index in [0.29, 0.717) is 6.42 Å². The highest BCUT2D eigenvalue weighted by atomic mass is 32.2. The number of amides is 1. The summed E-state index contributed by atoms with van der Waals surface area (Å²) in [6.45, 7) is 1.91. The maximum absolute atomic E-state index is 13.1. The van der Waals surface area contributed by atoms with E-state index in [4.69, 9.17) is 0 Å². The van der Waals surface area contributed by atoms with Gasteiger partial charge < -0.3 is 5.32 Å². The molecule has 3 rings (SSSR count). The first-order valence-corrected chi connectivity index (χ1v) is 9.49. The van der Waals surface area contributed by atoms with Crippen molar-refractivity contribution in [3.63, 3.8) is 0 Å². The van der Waals surface area contributed by atoms with E-state index in [2.05, 4.69) is 5.32 Å².